The summed E-state index contributed by atoms with van der Waals surface area (Å²) in [5.41, 5.74) is 0.506. The van der Waals surface area contributed by atoms with Gasteiger partial charge in [0.2, 0.25) is 11.3 Å². The number of aromatic nitrogens is 1. The van der Waals surface area contributed by atoms with E-state index in [1.807, 2.05) is 0 Å². The average molecular weight is 403 g/mol. The summed E-state index contributed by atoms with van der Waals surface area (Å²) < 4.78 is 4.73. The van der Waals surface area contributed by atoms with Gasteiger partial charge in [0.25, 0.3) is 0 Å². The number of aromatic amines is 1. The number of ether oxygens (including phenoxy) is 1. The molecule has 1 heterocycles. The minimum Gasteiger partial charge on any atom is -0.465 e. The van der Waals surface area contributed by atoms with Crippen LogP contribution >= 0.6 is 23.4 Å². The molecule has 138 valence electrons. The molecule has 0 unspecified atom stereocenters. The second-order valence-corrected chi connectivity index (χ2v) is 6.90. The lowest BCUT2D eigenvalue weighted by Gasteiger charge is -2.10. The van der Waals surface area contributed by atoms with Crippen LogP contribution in [-0.2, 0) is 9.53 Å². The van der Waals surface area contributed by atoms with Crippen LogP contribution in [0.25, 0.3) is 10.9 Å². The number of halogens is 1. The van der Waals surface area contributed by atoms with Gasteiger partial charge < -0.3 is 15.0 Å². The van der Waals surface area contributed by atoms with E-state index in [0.717, 1.165) is 11.8 Å². The fourth-order valence-corrected chi connectivity index (χ4v) is 3.53. The van der Waals surface area contributed by atoms with Crippen LogP contribution in [0.1, 0.15) is 10.4 Å². The number of rotatable bonds is 5. The van der Waals surface area contributed by atoms with E-state index < -0.39 is 11.4 Å². The molecule has 8 heteroatoms. The van der Waals surface area contributed by atoms with E-state index in [0.29, 0.717) is 21.6 Å². The molecule has 6 nitrogen and oxygen atoms in total. The number of pyridine rings is 1. The summed E-state index contributed by atoms with van der Waals surface area (Å²) in [6.07, 6.45) is 0. The van der Waals surface area contributed by atoms with E-state index in [1.54, 1.807) is 48.5 Å². The Hall–Kier alpha value is -2.77. The third-order valence-electron chi connectivity index (χ3n) is 3.76. The number of carbonyl (C=O) groups excluding carboxylic acids is 2. The fraction of sp³-hybridized carbons (Fsp3) is 0.105. The van der Waals surface area contributed by atoms with Crippen LogP contribution in [0.2, 0.25) is 5.02 Å². The van der Waals surface area contributed by atoms with Crippen molar-refractivity contribution in [3.8, 4) is 0 Å². The number of carbonyl (C=O) groups is 2. The maximum Gasteiger partial charge on any atom is 0.344 e. The Labute approximate surface area is 163 Å². The van der Waals surface area contributed by atoms with E-state index >= 15 is 0 Å². The second kappa shape index (κ2) is 8.28. The molecular formula is C19H15ClN2O4S. The number of nitrogens with one attached hydrogen (secondary N) is 2. The van der Waals surface area contributed by atoms with E-state index in [-0.39, 0.29) is 22.2 Å². The Bertz CT molecular complexity index is 1080. The van der Waals surface area contributed by atoms with Gasteiger partial charge in [-0.15, -0.1) is 0 Å². The molecule has 1 aromatic heterocycles. The lowest BCUT2D eigenvalue weighted by molar-refractivity contribution is -0.113. The molecule has 0 saturated carbocycles. The number of thioether (sulfide) groups is 1. The Kier molecular flexibility index (Phi) is 5.83. The lowest BCUT2D eigenvalue weighted by atomic mass is 10.1. The molecule has 3 rings (SSSR count). The highest BCUT2D eigenvalue weighted by molar-refractivity contribution is 8.00. The molecule has 0 fully saturated rings. The van der Waals surface area contributed by atoms with Crippen LogP contribution in [0.3, 0.4) is 0 Å². The smallest absolute Gasteiger partial charge is 0.344 e. The highest BCUT2D eigenvalue weighted by atomic mass is 35.5. The molecule has 0 aliphatic heterocycles. The van der Waals surface area contributed by atoms with Gasteiger partial charge in [-0.1, -0.05) is 47.6 Å². The van der Waals surface area contributed by atoms with Gasteiger partial charge >= 0.3 is 5.97 Å². The number of amides is 1. The fourth-order valence-electron chi connectivity index (χ4n) is 2.50. The quantitative estimate of drug-likeness (QED) is 0.502. The predicted octanol–water partition coefficient (Wildman–Crippen LogP) is 3.70. The molecule has 0 atom stereocenters. The average Bonchev–Trinajstić information content (AvgIpc) is 2.68. The zero-order chi connectivity index (χ0) is 19.4. The molecule has 0 aliphatic carbocycles. The third-order valence-corrected chi connectivity index (χ3v) is 5.09. The first-order chi connectivity index (χ1) is 13.0. The molecule has 0 aliphatic rings. The van der Waals surface area contributed by atoms with Crippen molar-refractivity contribution in [3.05, 3.63) is 69.3 Å². The number of anilines is 1. The van der Waals surface area contributed by atoms with Gasteiger partial charge in [-0.2, -0.15) is 0 Å². The Morgan fingerprint density at radius 3 is 2.59 bits per heavy atom. The van der Waals surface area contributed by atoms with E-state index in [2.05, 4.69) is 10.3 Å². The summed E-state index contributed by atoms with van der Waals surface area (Å²) in [4.78, 5) is 40.1. The molecule has 0 radical (unpaired) electrons. The zero-order valence-corrected chi connectivity index (χ0v) is 15.8. The maximum atomic E-state index is 12.7. The number of esters is 1. The number of benzene rings is 2. The molecule has 1 amide bonds. The highest BCUT2D eigenvalue weighted by Gasteiger charge is 2.20. The largest absolute Gasteiger partial charge is 0.465 e. The van der Waals surface area contributed by atoms with Crippen molar-refractivity contribution in [2.24, 2.45) is 0 Å². The number of para-hydroxylation sites is 2. The van der Waals surface area contributed by atoms with Crippen molar-refractivity contribution in [1.82, 2.24) is 4.98 Å². The minimum atomic E-state index is -0.754. The van der Waals surface area contributed by atoms with Gasteiger partial charge in [-0.25, -0.2) is 4.79 Å². The zero-order valence-electron chi connectivity index (χ0n) is 14.2. The van der Waals surface area contributed by atoms with E-state index in [4.69, 9.17) is 16.3 Å². The van der Waals surface area contributed by atoms with Gasteiger partial charge in [0.15, 0.2) is 0 Å². The number of methoxy groups -OCH3 is 1. The molecule has 2 aromatic carbocycles. The van der Waals surface area contributed by atoms with Crippen molar-refractivity contribution in [3.63, 3.8) is 0 Å². The number of hydrogen-bond acceptors (Lipinski definition) is 5. The summed E-state index contributed by atoms with van der Waals surface area (Å²) in [6.45, 7) is 0. The number of hydrogen-bond donors (Lipinski definition) is 2. The third kappa shape index (κ3) is 4.15. The molecular weight excluding hydrogens is 388 g/mol. The van der Waals surface area contributed by atoms with Crippen molar-refractivity contribution in [1.29, 1.82) is 0 Å². The van der Waals surface area contributed by atoms with E-state index in [1.165, 1.54) is 7.11 Å². The molecule has 3 aromatic rings. The summed E-state index contributed by atoms with van der Waals surface area (Å²) >= 11 is 7.07. The molecule has 0 saturated heterocycles. The van der Waals surface area contributed by atoms with Gasteiger partial charge in [-0.05, 0) is 24.3 Å². The van der Waals surface area contributed by atoms with Crippen LogP contribution in [0.4, 0.5) is 5.69 Å². The van der Waals surface area contributed by atoms with Gasteiger partial charge in [0, 0.05) is 5.39 Å². The first kappa shape index (κ1) is 19.0. The van der Waals surface area contributed by atoms with Crippen LogP contribution in [0, 0.1) is 0 Å². The van der Waals surface area contributed by atoms with E-state index in [9.17, 15) is 14.4 Å². The van der Waals surface area contributed by atoms with Gasteiger partial charge in [-0.3, -0.25) is 9.59 Å². The van der Waals surface area contributed by atoms with Gasteiger partial charge in [0.05, 0.1) is 34.1 Å². The standard InChI is InChI=1S/C19H15ClN2O4S/c1-26-19(25)16-17(24)11-6-2-4-8-13(11)22-18(16)27-10-15(23)21-14-9-5-3-7-12(14)20/h2-9H,10H2,1H3,(H,21,23)(H,22,24). The predicted molar refractivity (Wildman–Crippen MR) is 107 cm³/mol. The Morgan fingerprint density at radius 1 is 1.15 bits per heavy atom. The van der Waals surface area contributed by atoms with Gasteiger partial charge in [0.1, 0.15) is 5.56 Å². The maximum absolute atomic E-state index is 12.7. The molecule has 0 spiro atoms. The molecule has 2 N–H and O–H groups in total. The first-order valence-corrected chi connectivity index (χ1v) is 9.28. The van der Waals surface area contributed by atoms with Crippen molar-refractivity contribution < 1.29 is 14.3 Å². The highest BCUT2D eigenvalue weighted by Crippen LogP contribution is 2.24. The summed E-state index contributed by atoms with van der Waals surface area (Å²) in [5, 5.41) is 3.77. The SMILES string of the molecule is COC(=O)c1c(SCC(=O)Nc2ccccc2Cl)[nH]c2ccccc2c1=O. The van der Waals surface area contributed by atoms with Crippen LogP contribution in [0.15, 0.2) is 58.4 Å². The topological polar surface area (TPSA) is 88.3 Å². The van der Waals surface area contributed by atoms with Crippen molar-refractivity contribution >= 4 is 51.8 Å². The molecule has 0 bridgehead atoms. The summed E-state index contributed by atoms with van der Waals surface area (Å²) in [5.74, 6) is -1.10. The van der Waals surface area contributed by atoms with Crippen LogP contribution in [0.5, 0.6) is 0 Å². The second-order valence-electron chi connectivity index (χ2n) is 5.51. The molecule has 27 heavy (non-hydrogen) atoms. The van der Waals surface area contributed by atoms with Crippen molar-refractivity contribution in [2.45, 2.75) is 5.03 Å². The van der Waals surface area contributed by atoms with Crippen LogP contribution in [-0.4, -0.2) is 29.7 Å². The summed E-state index contributed by atoms with van der Waals surface area (Å²) in [7, 11) is 1.20. The lowest BCUT2D eigenvalue weighted by Crippen LogP contribution is -2.20. The summed E-state index contributed by atoms with van der Waals surface area (Å²) in [6, 6.07) is 13.7. The minimum absolute atomic E-state index is 0.0243. The number of fused-ring (bicyclic) bond motifs is 1. The Balaban J connectivity index is 1.87. The Morgan fingerprint density at radius 2 is 1.85 bits per heavy atom. The van der Waals surface area contributed by atoms with Crippen LogP contribution < -0.4 is 10.7 Å². The number of H-pyrrole nitrogens is 1. The normalized spacial score (nSPS) is 10.6. The van der Waals surface area contributed by atoms with Crippen molar-refractivity contribution in [2.75, 3.05) is 18.2 Å². The first-order valence-electron chi connectivity index (χ1n) is 7.91. The monoisotopic (exact) mass is 402 g/mol.